The van der Waals surface area contributed by atoms with E-state index in [1.165, 1.54) is 0 Å². The van der Waals surface area contributed by atoms with Gasteiger partial charge in [0.1, 0.15) is 18.5 Å². The lowest BCUT2D eigenvalue weighted by Crippen LogP contribution is -2.33. The summed E-state index contributed by atoms with van der Waals surface area (Å²) in [7, 11) is 1.86. The first-order chi connectivity index (χ1) is 8.61. The first-order valence-corrected chi connectivity index (χ1v) is 6.11. The Labute approximate surface area is 112 Å². The zero-order chi connectivity index (χ0) is 13.4. The number of nitrogens with zero attached hydrogens (tertiary/aromatic N) is 2. The van der Waals surface area contributed by atoms with Crippen molar-refractivity contribution in [3.63, 3.8) is 0 Å². The number of benzene rings is 1. The second-order valence-corrected chi connectivity index (χ2v) is 4.53. The van der Waals surface area contributed by atoms with Crippen molar-refractivity contribution in [2.75, 3.05) is 26.7 Å². The highest BCUT2D eigenvalue weighted by molar-refractivity contribution is 6.30. The summed E-state index contributed by atoms with van der Waals surface area (Å²) in [6.07, 6.45) is -0.120. The van der Waals surface area contributed by atoms with Crippen LogP contribution >= 0.6 is 11.6 Å². The highest BCUT2D eigenvalue weighted by atomic mass is 35.5. The van der Waals surface area contributed by atoms with Crippen molar-refractivity contribution >= 4 is 11.6 Å². The molecule has 4 nitrogen and oxygen atoms in total. The molecule has 0 aliphatic rings. The molecule has 98 valence electrons. The largest absolute Gasteiger partial charge is 0.491 e. The molecule has 1 aromatic rings. The molecule has 1 atom stereocenters. The molecular formula is C13H17ClN2O2. The van der Waals surface area contributed by atoms with Crippen molar-refractivity contribution in [3.8, 4) is 11.8 Å². The standard InChI is InChI=1S/C13H17ClN2O2/c1-16(8-2-7-15)9-12(17)10-18-13-5-3-11(14)4-6-13/h3-6,12,17H,2,8-10H2,1H3. The monoisotopic (exact) mass is 268 g/mol. The molecule has 0 fully saturated rings. The van der Waals surface area contributed by atoms with Gasteiger partial charge in [-0.15, -0.1) is 0 Å². The van der Waals surface area contributed by atoms with Gasteiger partial charge in [0.25, 0.3) is 0 Å². The second kappa shape index (κ2) is 7.93. The zero-order valence-electron chi connectivity index (χ0n) is 10.3. The first-order valence-electron chi connectivity index (χ1n) is 5.73. The van der Waals surface area contributed by atoms with E-state index in [-0.39, 0.29) is 6.61 Å². The summed E-state index contributed by atoms with van der Waals surface area (Å²) >= 11 is 5.75. The molecule has 1 aromatic carbocycles. The maximum absolute atomic E-state index is 9.76. The molecule has 1 rings (SSSR count). The van der Waals surface area contributed by atoms with Gasteiger partial charge >= 0.3 is 0 Å². The molecule has 18 heavy (non-hydrogen) atoms. The van der Waals surface area contributed by atoms with Gasteiger partial charge in [0, 0.05) is 24.5 Å². The van der Waals surface area contributed by atoms with E-state index in [1.54, 1.807) is 24.3 Å². The third-order valence-electron chi connectivity index (χ3n) is 2.38. The molecule has 0 bridgehead atoms. The number of aliphatic hydroxyl groups is 1. The van der Waals surface area contributed by atoms with Crippen LogP contribution in [0, 0.1) is 11.3 Å². The summed E-state index contributed by atoms with van der Waals surface area (Å²) in [5.41, 5.74) is 0. The van der Waals surface area contributed by atoms with Gasteiger partial charge in [-0.3, -0.25) is 0 Å². The Kier molecular flexibility index (Phi) is 6.51. The molecule has 0 saturated carbocycles. The normalized spacial score (nSPS) is 12.2. The van der Waals surface area contributed by atoms with E-state index in [4.69, 9.17) is 21.6 Å². The van der Waals surface area contributed by atoms with Crippen molar-refractivity contribution < 1.29 is 9.84 Å². The van der Waals surface area contributed by atoms with E-state index in [0.29, 0.717) is 30.3 Å². The van der Waals surface area contributed by atoms with E-state index in [9.17, 15) is 5.11 Å². The van der Waals surface area contributed by atoms with Crippen LogP contribution in [-0.2, 0) is 0 Å². The summed E-state index contributed by atoms with van der Waals surface area (Å²) in [6.45, 7) is 1.35. The maximum Gasteiger partial charge on any atom is 0.119 e. The second-order valence-electron chi connectivity index (χ2n) is 4.09. The molecule has 1 unspecified atom stereocenters. The predicted molar refractivity (Wildman–Crippen MR) is 70.7 cm³/mol. The fourth-order valence-corrected chi connectivity index (χ4v) is 1.59. The van der Waals surface area contributed by atoms with E-state index in [1.807, 2.05) is 11.9 Å². The molecule has 0 aliphatic carbocycles. The number of ether oxygens (including phenoxy) is 1. The van der Waals surface area contributed by atoms with Crippen molar-refractivity contribution in [2.24, 2.45) is 0 Å². The van der Waals surface area contributed by atoms with Crippen LogP contribution in [0.25, 0.3) is 0 Å². The minimum atomic E-state index is -0.579. The van der Waals surface area contributed by atoms with Gasteiger partial charge in [-0.05, 0) is 31.3 Å². The molecule has 0 radical (unpaired) electrons. The lowest BCUT2D eigenvalue weighted by Gasteiger charge is -2.19. The zero-order valence-corrected chi connectivity index (χ0v) is 11.1. The van der Waals surface area contributed by atoms with Gasteiger partial charge in [0.2, 0.25) is 0 Å². The molecule has 0 amide bonds. The number of halogens is 1. The summed E-state index contributed by atoms with van der Waals surface area (Å²) in [5.74, 6) is 0.679. The van der Waals surface area contributed by atoms with Gasteiger partial charge in [-0.25, -0.2) is 0 Å². The Balaban J connectivity index is 2.26. The average Bonchev–Trinajstić information content (AvgIpc) is 2.35. The topological polar surface area (TPSA) is 56.5 Å². The highest BCUT2D eigenvalue weighted by Gasteiger charge is 2.08. The van der Waals surface area contributed by atoms with Crippen LogP contribution in [0.15, 0.2) is 24.3 Å². The Morgan fingerprint density at radius 1 is 1.44 bits per heavy atom. The quantitative estimate of drug-likeness (QED) is 0.821. The van der Waals surface area contributed by atoms with E-state index >= 15 is 0 Å². The molecule has 0 aliphatic heterocycles. The number of hydrogen-bond donors (Lipinski definition) is 1. The number of likely N-dealkylation sites (N-methyl/N-ethyl adjacent to an activating group) is 1. The predicted octanol–water partition coefficient (Wildman–Crippen LogP) is 1.93. The third kappa shape index (κ3) is 5.87. The molecule has 0 heterocycles. The van der Waals surface area contributed by atoms with Crippen molar-refractivity contribution in [1.82, 2.24) is 4.90 Å². The van der Waals surface area contributed by atoms with E-state index in [2.05, 4.69) is 6.07 Å². The van der Waals surface area contributed by atoms with E-state index < -0.39 is 6.10 Å². The summed E-state index contributed by atoms with van der Waals surface area (Å²) in [5, 5.41) is 18.9. The van der Waals surface area contributed by atoms with Gasteiger partial charge in [0.05, 0.1) is 6.07 Å². The van der Waals surface area contributed by atoms with Crippen LogP contribution in [0.1, 0.15) is 6.42 Å². The average molecular weight is 269 g/mol. The van der Waals surface area contributed by atoms with Gasteiger partial charge < -0.3 is 14.7 Å². The van der Waals surface area contributed by atoms with Crippen molar-refractivity contribution in [1.29, 1.82) is 5.26 Å². The summed E-state index contributed by atoms with van der Waals surface area (Å²) in [4.78, 5) is 1.90. The van der Waals surface area contributed by atoms with Crippen LogP contribution < -0.4 is 4.74 Å². The highest BCUT2D eigenvalue weighted by Crippen LogP contribution is 2.15. The minimum absolute atomic E-state index is 0.221. The minimum Gasteiger partial charge on any atom is -0.491 e. The van der Waals surface area contributed by atoms with Crippen LogP contribution in [0.4, 0.5) is 0 Å². The summed E-state index contributed by atoms with van der Waals surface area (Å²) < 4.78 is 5.43. The van der Waals surface area contributed by atoms with Gasteiger partial charge in [0.15, 0.2) is 0 Å². The Morgan fingerprint density at radius 3 is 2.72 bits per heavy atom. The molecule has 0 spiro atoms. The fourth-order valence-electron chi connectivity index (χ4n) is 1.47. The third-order valence-corrected chi connectivity index (χ3v) is 2.64. The number of nitriles is 1. The molecule has 1 N–H and O–H groups in total. The van der Waals surface area contributed by atoms with Gasteiger partial charge in [-0.2, -0.15) is 5.26 Å². The van der Waals surface area contributed by atoms with Crippen molar-refractivity contribution in [2.45, 2.75) is 12.5 Å². The van der Waals surface area contributed by atoms with Crippen LogP contribution in [-0.4, -0.2) is 42.9 Å². The van der Waals surface area contributed by atoms with Crippen LogP contribution in [0.2, 0.25) is 5.02 Å². The lowest BCUT2D eigenvalue weighted by atomic mass is 10.3. The Morgan fingerprint density at radius 2 is 2.11 bits per heavy atom. The number of rotatable bonds is 7. The fraction of sp³-hybridized carbons (Fsp3) is 0.462. The van der Waals surface area contributed by atoms with Crippen LogP contribution in [0.5, 0.6) is 5.75 Å². The van der Waals surface area contributed by atoms with Crippen LogP contribution in [0.3, 0.4) is 0 Å². The Bertz CT molecular complexity index is 389. The molecular weight excluding hydrogens is 252 g/mol. The SMILES string of the molecule is CN(CCC#N)CC(O)COc1ccc(Cl)cc1. The number of hydrogen-bond acceptors (Lipinski definition) is 4. The van der Waals surface area contributed by atoms with Crippen molar-refractivity contribution in [3.05, 3.63) is 29.3 Å². The molecule has 5 heteroatoms. The Hall–Kier alpha value is -1.28. The van der Waals surface area contributed by atoms with Gasteiger partial charge in [-0.1, -0.05) is 11.6 Å². The number of aliphatic hydroxyl groups excluding tert-OH is 1. The maximum atomic E-state index is 9.76. The van der Waals surface area contributed by atoms with E-state index in [0.717, 1.165) is 0 Å². The molecule has 0 aromatic heterocycles. The summed E-state index contributed by atoms with van der Waals surface area (Å²) in [6, 6.07) is 9.06. The smallest absolute Gasteiger partial charge is 0.119 e. The molecule has 0 saturated heterocycles. The lowest BCUT2D eigenvalue weighted by molar-refractivity contribution is 0.0770. The first kappa shape index (κ1) is 14.8.